The molecule has 12 heteroatoms. The van der Waals surface area contributed by atoms with Gasteiger partial charge in [0, 0.05) is 56.1 Å². The van der Waals surface area contributed by atoms with E-state index in [2.05, 4.69) is 94.9 Å². The van der Waals surface area contributed by atoms with E-state index >= 15 is 0 Å². The van der Waals surface area contributed by atoms with Gasteiger partial charge in [0.15, 0.2) is 0 Å². The lowest BCUT2D eigenvalue weighted by molar-refractivity contribution is -0.209. The van der Waals surface area contributed by atoms with E-state index < -0.39 is 0 Å². The number of rotatable bonds is 21. The molecular formula is C98H150O12. The van der Waals surface area contributed by atoms with Crippen LogP contribution in [0.2, 0.25) is 0 Å². The number of carbonyl (C=O) groups excluding carboxylic acids is 6. The molecule has 0 aromatic carbocycles. The van der Waals surface area contributed by atoms with E-state index in [1.165, 1.54) is 193 Å². The van der Waals surface area contributed by atoms with Crippen LogP contribution in [0.4, 0.5) is 0 Å². The van der Waals surface area contributed by atoms with Gasteiger partial charge < -0.3 is 28.4 Å². The molecule has 110 heavy (non-hydrogen) atoms. The van der Waals surface area contributed by atoms with Crippen LogP contribution in [0.3, 0.4) is 0 Å². The molecule has 0 amide bonds. The monoisotopic (exact) mass is 1520 g/mol. The lowest BCUT2D eigenvalue weighted by Gasteiger charge is -2.62. The van der Waals surface area contributed by atoms with Crippen LogP contribution in [0.15, 0.2) is 72.9 Å². The van der Waals surface area contributed by atoms with E-state index in [1.54, 1.807) is 41.5 Å². The van der Waals surface area contributed by atoms with Crippen LogP contribution >= 0.6 is 0 Å². The fourth-order valence-corrected chi connectivity index (χ4v) is 29.4. The molecule has 14 unspecified atom stereocenters. The highest BCUT2D eigenvalue weighted by Crippen LogP contribution is 2.69. The van der Waals surface area contributed by atoms with Crippen molar-refractivity contribution in [2.45, 2.75) is 375 Å². The molecule has 20 fully saturated rings. The van der Waals surface area contributed by atoms with E-state index in [0.717, 1.165) is 140 Å². The number of hydrogen-bond donors (Lipinski definition) is 0. The van der Waals surface area contributed by atoms with Gasteiger partial charge in [-0.25, -0.2) is 28.8 Å². The van der Waals surface area contributed by atoms with Crippen LogP contribution in [0.1, 0.15) is 341 Å². The fraction of sp³-hybridized carbons (Fsp3) is 0.816. The van der Waals surface area contributed by atoms with Crippen molar-refractivity contribution < 1.29 is 57.2 Å². The van der Waals surface area contributed by atoms with Gasteiger partial charge in [-0.3, -0.25) is 0 Å². The maximum Gasteiger partial charge on any atom is 0.333 e. The Morgan fingerprint density at radius 1 is 0.364 bits per heavy atom. The number of fused-ring (bicyclic) bond motifs is 12. The van der Waals surface area contributed by atoms with Gasteiger partial charge in [0.05, 0.1) is 0 Å². The minimum absolute atomic E-state index is 0.153. The first kappa shape index (κ1) is 84.7. The molecule has 0 aromatic rings. The molecule has 0 heterocycles. The minimum Gasteiger partial charge on any atom is -0.456 e. The summed E-state index contributed by atoms with van der Waals surface area (Å²) < 4.78 is 35.4. The van der Waals surface area contributed by atoms with Crippen molar-refractivity contribution in [3.05, 3.63) is 72.9 Å². The Hall–Kier alpha value is -4.74. The first-order chi connectivity index (χ1) is 51.8. The molecular weight excluding hydrogens is 1370 g/mol. The zero-order valence-electron chi connectivity index (χ0n) is 71.6. The zero-order valence-corrected chi connectivity index (χ0v) is 71.6. The van der Waals surface area contributed by atoms with E-state index in [9.17, 15) is 28.8 Å². The Balaban J connectivity index is 0.000000123. The largest absolute Gasteiger partial charge is 0.456 e. The van der Waals surface area contributed by atoms with E-state index in [1.807, 2.05) is 0 Å². The number of carbonyl (C=O) groups is 6. The highest BCUT2D eigenvalue weighted by molar-refractivity contribution is 5.89. The third-order valence-electron chi connectivity index (χ3n) is 34.0. The van der Waals surface area contributed by atoms with E-state index in [-0.39, 0.29) is 80.3 Å². The average Bonchev–Trinajstić information content (AvgIpc) is 1.31. The third-order valence-corrected chi connectivity index (χ3v) is 34.0. The SMILES string of the molecule is C=C(C)C(=O)OC(C)(C)C12CC3CC(CC(C3)C1)C2.C=C(C)C(=O)OC(C)(CCCC)C12CC3CC(CC(C3)C1)C2.C=C(C)C(=O)OC1(C)CC2CC1C1CCCC21.C=C(C)C(=O)OC1(C)CC2CCC1C2.C=C(C)C(=O)OC1(CC)CC2CC1C1CCCC21.C=C(C)C(=O)OC1(CCCC)C2CC3CC(C2)CC1C3. The average molecular weight is 1520 g/mol. The van der Waals surface area contributed by atoms with Crippen LogP contribution in [0, 0.1) is 129 Å². The van der Waals surface area contributed by atoms with Gasteiger partial charge in [0.2, 0.25) is 0 Å². The van der Waals surface area contributed by atoms with Crippen molar-refractivity contribution in [2.24, 2.45) is 129 Å². The second-order valence-electron chi connectivity index (χ2n) is 42.4. The third kappa shape index (κ3) is 17.0. The molecule has 614 valence electrons. The second-order valence-corrected chi connectivity index (χ2v) is 42.4. The Bertz CT molecular complexity index is 3390. The molecule has 0 spiro atoms. The lowest BCUT2D eigenvalue weighted by atomic mass is 9.45. The Morgan fingerprint density at radius 3 is 1.19 bits per heavy atom. The van der Waals surface area contributed by atoms with Gasteiger partial charge in [0.25, 0.3) is 0 Å². The van der Waals surface area contributed by atoms with E-state index in [4.69, 9.17) is 28.4 Å². The van der Waals surface area contributed by atoms with Crippen molar-refractivity contribution in [3.63, 3.8) is 0 Å². The van der Waals surface area contributed by atoms with Crippen LogP contribution in [-0.4, -0.2) is 69.4 Å². The van der Waals surface area contributed by atoms with Gasteiger partial charge in [-0.15, -0.1) is 0 Å². The number of unbranched alkanes of at least 4 members (excludes halogenated alkanes) is 2. The predicted molar refractivity (Wildman–Crippen MR) is 437 cm³/mol. The summed E-state index contributed by atoms with van der Waals surface area (Å²) in [6, 6.07) is 0. The first-order valence-electron chi connectivity index (χ1n) is 45.2. The Labute approximate surface area is 666 Å². The van der Waals surface area contributed by atoms with E-state index in [0.29, 0.717) is 63.0 Å². The standard InChI is InChI=1S/C20H32O2.C18H28O2.C17H26O2.C16H24O2.C15H22O2.C12H18O2/c1-5-6-7-19(4,22-18(21)14(2)3)20-11-15-8-16(12-20)10-17(9-15)13-20;1-4-5-6-18(20-17(19)12(2)3)15-8-13-7-14(10-15)11-16(18)9-13;1-11(2)15(18)19-16(3,4)17-8-12-5-13(9-17)7-14(6-12)10-17;1-4-16(18-15(17)10(2)3)9-11-8-14(16)13-7-5-6-12(11)13;1-9(2)14(16)17-15(3)8-10-7-13(15)12-6-4-5-11(10)12;1-8(2)11(13)14-12(3)7-9-4-5-10(12)6-9/h15-17H,2,5-13H2,1,3-4H3;13-16H,2,4-11H2,1,3H3;12-14H,1,5-10H2,2-4H3;11-14H,2,4-9H2,1,3H3;10-13H,1,4-8H2,2-3H3;9-10H,1,4-7H2,2-3H3. The normalized spacial score (nSPS) is 41.9. The molecule has 20 aliphatic carbocycles. The van der Waals surface area contributed by atoms with Crippen LogP contribution in [0.25, 0.3) is 0 Å². The molecule has 18 bridgehead atoms. The number of ether oxygens (including phenoxy) is 6. The van der Waals surface area contributed by atoms with Gasteiger partial charge in [0.1, 0.15) is 33.6 Å². The molecule has 20 saturated carbocycles. The molecule has 0 saturated heterocycles. The maximum absolute atomic E-state index is 12.3. The van der Waals surface area contributed by atoms with Crippen molar-refractivity contribution >= 4 is 35.8 Å². The Morgan fingerprint density at radius 2 is 0.755 bits per heavy atom. The first-order valence-corrected chi connectivity index (χ1v) is 45.2. The topological polar surface area (TPSA) is 158 Å². The molecule has 20 rings (SSSR count). The van der Waals surface area contributed by atoms with Crippen molar-refractivity contribution in [1.29, 1.82) is 0 Å². The summed E-state index contributed by atoms with van der Waals surface area (Å²) in [5.41, 5.74) is 2.28. The summed E-state index contributed by atoms with van der Waals surface area (Å²) in [6.07, 6.45) is 48.4. The molecule has 0 N–H and O–H groups in total. The summed E-state index contributed by atoms with van der Waals surface area (Å²) in [5.74, 6) is 15.0. The molecule has 0 aliphatic heterocycles. The molecule has 14 atom stereocenters. The van der Waals surface area contributed by atoms with Gasteiger partial charge in [-0.2, -0.15) is 0 Å². The molecule has 0 aromatic heterocycles. The lowest BCUT2D eigenvalue weighted by Crippen LogP contribution is -2.59. The summed E-state index contributed by atoms with van der Waals surface area (Å²) in [5, 5.41) is 0. The molecule has 0 radical (unpaired) electrons. The molecule has 12 nitrogen and oxygen atoms in total. The van der Waals surface area contributed by atoms with Gasteiger partial charge >= 0.3 is 35.8 Å². The summed E-state index contributed by atoms with van der Waals surface area (Å²) in [4.78, 5) is 71.5. The number of esters is 6. The van der Waals surface area contributed by atoms with Gasteiger partial charge in [-0.1, -0.05) is 85.9 Å². The highest BCUT2D eigenvalue weighted by atomic mass is 16.6. The predicted octanol–water partition coefficient (Wildman–Crippen LogP) is 23.6. The quantitative estimate of drug-likeness (QED) is 0.0609. The van der Waals surface area contributed by atoms with Crippen molar-refractivity contribution in [1.82, 2.24) is 0 Å². The summed E-state index contributed by atoms with van der Waals surface area (Å²) in [6.45, 7) is 50.1. The van der Waals surface area contributed by atoms with Crippen LogP contribution in [-0.2, 0) is 57.2 Å². The smallest absolute Gasteiger partial charge is 0.333 e. The summed E-state index contributed by atoms with van der Waals surface area (Å²) >= 11 is 0. The van der Waals surface area contributed by atoms with Crippen molar-refractivity contribution in [3.8, 4) is 0 Å². The highest BCUT2D eigenvalue weighted by Gasteiger charge is 2.66. The van der Waals surface area contributed by atoms with Crippen LogP contribution in [0.5, 0.6) is 0 Å². The van der Waals surface area contributed by atoms with Gasteiger partial charge in [-0.05, 0) is 401 Å². The van der Waals surface area contributed by atoms with Crippen molar-refractivity contribution in [2.75, 3.05) is 0 Å². The number of hydrogen-bond acceptors (Lipinski definition) is 12. The zero-order chi connectivity index (χ0) is 79.6. The molecule has 20 aliphatic rings. The summed E-state index contributed by atoms with van der Waals surface area (Å²) in [7, 11) is 0. The minimum atomic E-state index is -0.348. The van der Waals surface area contributed by atoms with Crippen LogP contribution < -0.4 is 0 Å². The Kier molecular flexibility index (Phi) is 25.5. The second kappa shape index (κ2) is 33.1. The fourth-order valence-electron chi connectivity index (χ4n) is 29.4. The maximum atomic E-state index is 12.3.